The molecule has 0 radical (unpaired) electrons. The van der Waals surface area contributed by atoms with E-state index in [0.717, 1.165) is 11.4 Å². The van der Waals surface area contributed by atoms with E-state index < -0.39 is 6.10 Å². The number of hydrogen-bond acceptors (Lipinski definition) is 3. The third-order valence-corrected chi connectivity index (χ3v) is 3.95. The summed E-state index contributed by atoms with van der Waals surface area (Å²) in [5.41, 5.74) is 2.98. The molecule has 0 saturated carbocycles. The van der Waals surface area contributed by atoms with E-state index in [1.54, 1.807) is 0 Å². The predicted octanol–water partition coefficient (Wildman–Crippen LogP) is 4.52. The van der Waals surface area contributed by atoms with Gasteiger partial charge < -0.3 is 15.7 Å². The van der Waals surface area contributed by atoms with Crippen molar-refractivity contribution in [1.29, 1.82) is 0 Å². The number of halogens is 2. The largest absolute Gasteiger partial charge is 0.390 e. The first-order valence-electron chi connectivity index (χ1n) is 7.19. The summed E-state index contributed by atoms with van der Waals surface area (Å²) in [4.78, 5) is 0. The smallest absolute Gasteiger partial charge is 0.0847 e. The molecule has 3 nitrogen and oxygen atoms in total. The maximum absolute atomic E-state index is 9.59. The molecule has 0 heterocycles. The first kappa shape index (κ1) is 16.9. The van der Waals surface area contributed by atoms with Crippen LogP contribution in [-0.4, -0.2) is 23.6 Å². The highest BCUT2D eigenvalue weighted by molar-refractivity contribution is 6.31. The lowest BCUT2D eigenvalue weighted by atomic mass is 10.1. The number of aliphatic hydroxyl groups is 1. The summed E-state index contributed by atoms with van der Waals surface area (Å²) in [6, 6.07) is 16.0. The highest BCUT2D eigenvalue weighted by Gasteiger charge is 2.10. The average Bonchev–Trinajstić information content (AvgIpc) is 2.55. The van der Waals surface area contributed by atoms with Crippen molar-refractivity contribution in [3.63, 3.8) is 0 Å². The quantitative estimate of drug-likeness (QED) is 0.650. The molecule has 0 amide bonds. The van der Waals surface area contributed by atoms with E-state index in [0.29, 0.717) is 11.6 Å². The molecule has 22 heavy (non-hydrogen) atoms. The molecule has 2 atom stereocenters. The van der Waals surface area contributed by atoms with Gasteiger partial charge in [-0.1, -0.05) is 41.9 Å². The minimum atomic E-state index is -0.597. The number of anilines is 2. The minimum absolute atomic E-state index is 0.154. The van der Waals surface area contributed by atoms with Crippen LogP contribution in [0.1, 0.15) is 18.5 Å². The van der Waals surface area contributed by atoms with Gasteiger partial charge in [0.25, 0.3) is 0 Å². The molecule has 0 fully saturated rings. The number of alkyl halides is 1. The van der Waals surface area contributed by atoms with Gasteiger partial charge in [0.2, 0.25) is 0 Å². The number of hydrogen-bond donors (Lipinski definition) is 3. The lowest BCUT2D eigenvalue weighted by Gasteiger charge is -2.20. The second-order valence-corrected chi connectivity index (χ2v) is 5.90. The summed E-state index contributed by atoms with van der Waals surface area (Å²) in [6.07, 6.45) is -0.597. The number of aliphatic hydroxyl groups excluding tert-OH is 1. The van der Waals surface area contributed by atoms with Crippen LogP contribution >= 0.6 is 23.2 Å². The van der Waals surface area contributed by atoms with Crippen LogP contribution in [0, 0.1) is 0 Å². The molecule has 3 N–H and O–H groups in total. The van der Waals surface area contributed by atoms with Crippen LogP contribution in [0.15, 0.2) is 48.5 Å². The highest BCUT2D eigenvalue weighted by Crippen LogP contribution is 2.29. The zero-order valence-electron chi connectivity index (χ0n) is 12.4. The van der Waals surface area contributed by atoms with Crippen molar-refractivity contribution in [1.82, 2.24) is 0 Å². The van der Waals surface area contributed by atoms with E-state index in [1.165, 1.54) is 5.56 Å². The second-order valence-electron chi connectivity index (χ2n) is 5.16. The summed E-state index contributed by atoms with van der Waals surface area (Å²) in [5.74, 6) is 0.191. The van der Waals surface area contributed by atoms with Gasteiger partial charge in [-0.15, -0.1) is 11.6 Å². The van der Waals surface area contributed by atoms with Gasteiger partial charge in [0.1, 0.15) is 0 Å². The summed E-state index contributed by atoms with van der Waals surface area (Å²) in [7, 11) is 0. The molecule has 2 aromatic carbocycles. The molecule has 2 rings (SSSR count). The molecule has 5 heteroatoms. The number of nitrogens with one attached hydrogen (secondary N) is 2. The summed E-state index contributed by atoms with van der Waals surface area (Å²) < 4.78 is 0. The molecular formula is C17H20Cl2N2O. The molecule has 0 spiro atoms. The normalized spacial score (nSPS) is 13.5. The van der Waals surface area contributed by atoms with Gasteiger partial charge in [-0.2, -0.15) is 0 Å². The molecule has 2 unspecified atom stereocenters. The molecule has 2 aromatic rings. The number of rotatable bonds is 7. The van der Waals surface area contributed by atoms with Gasteiger partial charge in [0.15, 0.2) is 0 Å². The van der Waals surface area contributed by atoms with E-state index in [9.17, 15) is 5.11 Å². The van der Waals surface area contributed by atoms with Crippen molar-refractivity contribution in [2.45, 2.75) is 19.1 Å². The van der Waals surface area contributed by atoms with Crippen molar-refractivity contribution in [2.75, 3.05) is 23.1 Å². The van der Waals surface area contributed by atoms with Gasteiger partial charge in [-0.25, -0.2) is 0 Å². The average molecular weight is 339 g/mol. The Bertz CT molecular complexity index is 592. The standard InChI is InChI=1S/C17H20Cl2N2O/c1-12(13-5-3-2-4-6-13)21-16-8-7-14(19)9-17(16)20-11-15(22)10-18/h2-9,12,15,20-22H,10-11H2,1H3. The van der Waals surface area contributed by atoms with E-state index in [2.05, 4.69) is 29.7 Å². The Morgan fingerprint density at radius 3 is 2.50 bits per heavy atom. The third kappa shape index (κ3) is 4.80. The van der Waals surface area contributed by atoms with Gasteiger partial charge in [0.05, 0.1) is 23.4 Å². The highest BCUT2D eigenvalue weighted by atomic mass is 35.5. The molecular weight excluding hydrogens is 319 g/mol. The molecule has 0 bridgehead atoms. The minimum Gasteiger partial charge on any atom is -0.390 e. The Balaban J connectivity index is 2.12. The van der Waals surface area contributed by atoms with E-state index >= 15 is 0 Å². The monoisotopic (exact) mass is 338 g/mol. The van der Waals surface area contributed by atoms with E-state index in [-0.39, 0.29) is 11.9 Å². The maximum atomic E-state index is 9.59. The molecule has 0 aliphatic rings. The van der Waals surface area contributed by atoms with Crippen molar-refractivity contribution < 1.29 is 5.11 Å². The fraction of sp³-hybridized carbons (Fsp3) is 0.294. The Labute approximate surface area is 141 Å². The molecule has 0 aromatic heterocycles. The summed E-state index contributed by atoms with van der Waals surface area (Å²) >= 11 is 11.7. The lowest BCUT2D eigenvalue weighted by molar-refractivity contribution is 0.211. The van der Waals surface area contributed by atoms with E-state index in [4.69, 9.17) is 23.2 Å². The second kappa shape index (κ2) is 8.28. The zero-order valence-corrected chi connectivity index (χ0v) is 13.9. The Morgan fingerprint density at radius 2 is 1.82 bits per heavy atom. The lowest BCUT2D eigenvalue weighted by Crippen LogP contribution is -2.21. The van der Waals surface area contributed by atoms with Crippen molar-refractivity contribution >= 4 is 34.6 Å². The van der Waals surface area contributed by atoms with Crippen LogP contribution in [0.5, 0.6) is 0 Å². The first-order valence-corrected chi connectivity index (χ1v) is 8.10. The van der Waals surface area contributed by atoms with Crippen LogP contribution < -0.4 is 10.6 Å². The Kier molecular flexibility index (Phi) is 6.37. The maximum Gasteiger partial charge on any atom is 0.0847 e. The molecule has 118 valence electrons. The fourth-order valence-electron chi connectivity index (χ4n) is 2.13. The Hall–Kier alpha value is -1.42. The Morgan fingerprint density at radius 1 is 1.09 bits per heavy atom. The predicted molar refractivity (Wildman–Crippen MR) is 95.1 cm³/mol. The molecule has 0 aliphatic heterocycles. The van der Waals surface area contributed by atoms with Crippen molar-refractivity contribution in [2.24, 2.45) is 0 Å². The third-order valence-electron chi connectivity index (χ3n) is 3.36. The van der Waals surface area contributed by atoms with Gasteiger partial charge in [-0.3, -0.25) is 0 Å². The van der Waals surface area contributed by atoms with Crippen LogP contribution in [0.2, 0.25) is 5.02 Å². The summed E-state index contributed by atoms with van der Waals surface area (Å²) in [5, 5.41) is 16.9. The van der Waals surface area contributed by atoms with Crippen LogP contribution in [0.25, 0.3) is 0 Å². The topological polar surface area (TPSA) is 44.3 Å². The van der Waals surface area contributed by atoms with Gasteiger partial charge in [-0.05, 0) is 30.7 Å². The first-order chi connectivity index (χ1) is 10.6. The molecule has 0 saturated heterocycles. The molecule has 0 aliphatic carbocycles. The van der Waals surface area contributed by atoms with Gasteiger partial charge >= 0.3 is 0 Å². The van der Waals surface area contributed by atoms with Crippen molar-refractivity contribution in [3.8, 4) is 0 Å². The van der Waals surface area contributed by atoms with Crippen LogP contribution in [-0.2, 0) is 0 Å². The van der Waals surface area contributed by atoms with Gasteiger partial charge in [0, 0.05) is 17.6 Å². The summed E-state index contributed by atoms with van der Waals surface area (Å²) in [6.45, 7) is 2.47. The van der Waals surface area contributed by atoms with Crippen LogP contribution in [0.3, 0.4) is 0 Å². The fourth-order valence-corrected chi connectivity index (χ4v) is 2.41. The van der Waals surface area contributed by atoms with E-state index in [1.807, 2.05) is 36.4 Å². The van der Waals surface area contributed by atoms with Crippen LogP contribution in [0.4, 0.5) is 11.4 Å². The SMILES string of the molecule is CC(Nc1ccc(Cl)cc1NCC(O)CCl)c1ccccc1. The number of benzene rings is 2. The van der Waals surface area contributed by atoms with Crippen molar-refractivity contribution in [3.05, 3.63) is 59.1 Å². The zero-order chi connectivity index (χ0) is 15.9.